The van der Waals surface area contributed by atoms with Gasteiger partial charge in [0.05, 0.1) is 32.0 Å². The van der Waals surface area contributed by atoms with Gasteiger partial charge in [-0.05, 0) is 109 Å². The Morgan fingerprint density at radius 3 is 1.08 bits per heavy atom. The number of hydrogen-bond donors (Lipinski definition) is 9. The topological polar surface area (TPSA) is 228 Å². The number of ether oxygens (including phenoxy) is 4. The molecule has 2 aliphatic rings. The highest BCUT2D eigenvalue weighted by Gasteiger charge is 2.51. The van der Waals surface area contributed by atoms with E-state index in [2.05, 4.69) is 165 Å². The molecule has 0 aromatic heterocycles. The number of aliphatic hydroxyl groups is 8. The molecular formula is C84H139NO13. The minimum absolute atomic E-state index is 0.242. The molecule has 14 nitrogen and oxygen atoms in total. The molecule has 0 aliphatic carbocycles. The molecule has 9 N–H and O–H groups in total. The third-order valence-corrected chi connectivity index (χ3v) is 17.7. The van der Waals surface area contributed by atoms with Crippen LogP contribution in [0.2, 0.25) is 0 Å². The molecule has 2 saturated heterocycles. The summed E-state index contributed by atoms with van der Waals surface area (Å²) < 4.78 is 22.9. The molecule has 2 rings (SSSR count). The maximum atomic E-state index is 13.4. The predicted octanol–water partition coefficient (Wildman–Crippen LogP) is 17.3. The third kappa shape index (κ3) is 48.4. The van der Waals surface area contributed by atoms with Gasteiger partial charge >= 0.3 is 0 Å². The third-order valence-electron chi connectivity index (χ3n) is 17.7. The Morgan fingerprint density at radius 2 is 0.704 bits per heavy atom. The second-order valence-corrected chi connectivity index (χ2v) is 26.4. The summed E-state index contributed by atoms with van der Waals surface area (Å²) in [7, 11) is 0. The molecule has 0 aromatic rings. The second kappa shape index (κ2) is 65.9. The van der Waals surface area contributed by atoms with Gasteiger partial charge in [-0.2, -0.15) is 0 Å². The van der Waals surface area contributed by atoms with Crippen molar-refractivity contribution in [3.05, 3.63) is 158 Å². The van der Waals surface area contributed by atoms with Crippen molar-refractivity contribution in [1.29, 1.82) is 0 Å². The minimum Gasteiger partial charge on any atom is -0.394 e. The number of unbranched alkanes of at least 4 members (excludes halogenated alkanes) is 25. The summed E-state index contributed by atoms with van der Waals surface area (Å²) in [6.07, 6.45) is 84.4. The fraction of sp³-hybridized carbons (Fsp3) is 0.679. The van der Waals surface area contributed by atoms with Crippen LogP contribution in [0.25, 0.3) is 0 Å². The number of allylic oxidation sites excluding steroid dienone is 25. The summed E-state index contributed by atoms with van der Waals surface area (Å²) in [5.41, 5.74) is 0. The van der Waals surface area contributed by atoms with Crippen LogP contribution < -0.4 is 5.32 Å². The van der Waals surface area contributed by atoms with Crippen molar-refractivity contribution in [2.75, 3.05) is 19.8 Å². The Bertz CT molecular complexity index is 2260. The fourth-order valence-corrected chi connectivity index (χ4v) is 11.6. The van der Waals surface area contributed by atoms with E-state index in [1.54, 1.807) is 6.08 Å². The lowest BCUT2D eigenvalue weighted by molar-refractivity contribution is -0.359. The highest BCUT2D eigenvalue weighted by molar-refractivity contribution is 5.76. The van der Waals surface area contributed by atoms with Gasteiger partial charge in [-0.3, -0.25) is 4.79 Å². The zero-order valence-electron chi connectivity index (χ0n) is 61.0. The van der Waals surface area contributed by atoms with Gasteiger partial charge in [-0.25, -0.2) is 0 Å². The van der Waals surface area contributed by atoms with Gasteiger partial charge in [0.1, 0.15) is 48.8 Å². The Hall–Kier alpha value is -4.39. The van der Waals surface area contributed by atoms with Crippen LogP contribution in [0.15, 0.2) is 158 Å². The van der Waals surface area contributed by atoms with Crippen molar-refractivity contribution < 1.29 is 64.6 Å². The molecule has 0 aromatic carbocycles. The number of hydrogen-bond acceptors (Lipinski definition) is 13. The smallest absolute Gasteiger partial charge is 0.220 e. The van der Waals surface area contributed by atoms with Gasteiger partial charge in [0, 0.05) is 6.42 Å². The number of carbonyl (C=O) groups excluding carboxylic acids is 1. The normalized spacial score (nSPS) is 23.0. The van der Waals surface area contributed by atoms with E-state index in [1.807, 2.05) is 6.08 Å². The molecule has 0 saturated carbocycles. The first-order chi connectivity index (χ1) is 48.1. The molecule has 0 radical (unpaired) electrons. The van der Waals surface area contributed by atoms with Crippen LogP contribution in [-0.2, 0) is 23.7 Å². The van der Waals surface area contributed by atoms with Crippen LogP contribution in [0.5, 0.6) is 0 Å². The van der Waals surface area contributed by atoms with Gasteiger partial charge in [-0.15, -0.1) is 0 Å². The molecule has 12 unspecified atom stereocenters. The van der Waals surface area contributed by atoms with E-state index in [0.717, 1.165) is 122 Å². The molecule has 0 bridgehead atoms. The van der Waals surface area contributed by atoms with Crippen molar-refractivity contribution in [3.8, 4) is 0 Å². The maximum Gasteiger partial charge on any atom is 0.220 e. The number of aliphatic hydroxyl groups excluding tert-OH is 8. The monoisotopic (exact) mass is 1370 g/mol. The lowest BCUT2D eigenvalue weighted by Gasteiger charge is -2.46. The molecule has 2 fully saturated rings. The lowest BCUT2D eigenvalue weighted by atomic mass is 9.97. The molecule has 98 heavy (non-hydrogen) atoms. The molecule has 0 spiro atoms. The van der Waals surface area contributed by atoms with Gasteiger partial charge in [0.25, 0.3) is 0 Å². The van der Waals surface area contributed by atoms with Gasteiger partial charge in [0.15, 0.2) is 12.6 Å². The van der Waals surface area contributed by atoms with E-state index in [9.17, 15) is 45.6 Å². The Labute approximate surface area is 595 Å². The first-order valence-electron chi connectivity index (χ1n) is 38.7. The molecule has 2 heterocycles. The van der Waals surface area contributed by atoms with E-state index in [-0.39, 0.29) is 18.9 Å². The van der Waals surface area contributed by atoms with Crippen LogP contribution in [0, 0.1) is 0 Å². The average Bonchev–Trinajstić information content (AvgIpc) is 0.793. The number of rotatable bonds is 62. The average molecular weight is 1370 g/mol. The maximum absolute atomic E-state index is 13.4. The zero-order valence-corrected chi connectivity index (χ0v) is 61.0. The van der Waals surface area contributed by atoms with Crippen molar-refractivity contribution >= 4 is 5.91 Å². The van der Waals surface area contributed by atoms with Crippen molar-refractivity contribution in [2.45, 2.75) is 344 Å². The minimum atomic E-state index is -1.80. The Morgan fingerprint density at radius 1 is 0.378 bits per heavy atom. The van der Waals surface area contributed by atoms with Gasteiger partial charge < -0.3 is 65.1 Å². The quantitative estimate of drug-likeness (QED) is 0.0204. The van der Waals surface area contributed by atoms with Crippen molar-refractivity contribution in [1.82, 2.24) is 5.32 Å². The van der Waals surface area contributed by atoms with E-state index in [1.165, 1.54) is 122 Å². The van der Waals surface area contributed by atoms with E-state index in [4.69, 9.17) is 18.9 Å². The second-order valence-electron chi connectivity index (χ2n) is 26.4. The summed E-state index contributed by atoms with van der Waals surface area (Å²) in [5, 5.41) is 87.6. The molecular weight excluding hydrogens is 1230 g/mol. The van der Waals surface area contributed by atoms with Crippen LogP contribution in [0.4, 0.5) is 0 Å². The summed E-state index contributed by atoms with van der Waals surface area (Å²) in [4.78, 5) is 13.4. The molecule has 558 valence electrons. The zero-order chi connectivity index (χ0) is 70.8. The van der Waals surface area contributed by atoms with Crippen LogP contribution in [0.1, 0.15) is 271 Å². The summed E-state index contributed by atoms with van der Waals surface area (Å²) in [5.74, 6) is -0.268. The summed E-state index contributed by atoms with van der Waals surface area (Å²) in [6.45, 7) is 2.68. The molecule has 1 amide bonds. The highest BCUT2D eigenvalue weighted by Crippen LogP contribution is 2.30. The first kappa shape index (κ1) is 89.7. The molecule has 14 heteroatoms. The van der Waals surface area contributed by atoms with Crippen LogP contribution >= 0.6 is 0 Å². The van der Waals surface area contributed by atoms with Crippen LogP contribution in [0.3, 0.4) is 0 Å². The standard InChI is InChI=1S/C84H139NO13/c1-3-5-7-9-11-13-15-17-19-21-23-25-27-28-29-30-31-32-33-34-35-36-37-38-39-40-41-42-43-44-46-48-50-52-54-56-58-60-62-64-66-68-76(89)85-72(71-95-83-81(94)79(92)82(75(70-87)97-83)98-84-80(93)78(91)77(90)74(69-86)96-84)73(88)67-65-63-61-59-57-55-53-51-49-47-45-26-24-22-20-18-16-14-12-10-8-6-4-2/h5,7,11,13,17,19,23,25,28-29,31-32,34-35,37-38,40-41,43-44,48,50,54,56,65,67,72-75,77-84,86-88,90-94H,3-4,6,8-10,12,14-16,18,20-22,24,26-27,30,33,36,39,42,45-47,49,51-53,55,57-64,66,68-71H2,1-2H3,(H,85,89)/b7-5-,13-11-,19-17-,25-23-,29-28-,32-31-,35-34-,38-37-,41-40-,44-43-,50-48-,56-54-,67-65+. The summed E-state index contributed by atoms with van der Waals surface area (Å²) in [6, 6.07) is -0.942. The van der Waals surface area contributed by atoms with Crippen molar-refractivity contribution in [3.63, 3.8) is 0 Å². The van der Waals surface area contributed by atoms with E-state index < -0.39 is 86.8 Å². The number of nitrogens with one attached hydrogen (secondary N) is 1. The molecule has 12 atom stereocenters. The SMILES string of the molecule is CC/C=C\C/C=C\C/C=C\C/C=C\C/C=C\C/C=C\C/C=C\C/C=C\C/C=C\C/C=C\C/C=C\C/C=C\CCCCCCC(=O)NC(COC1OC(CO)C(OC2OC(CO)C(O)C(O)C2O)C(O)C1O)C(O)/C=C/CCCCCCCCCCCCCCCCCCCCCCC. The largest absolute Gasteiger partial charge is 0.394 e. The Balaban J connectivity index is 1.66. The summed E-state index contributed by atoms with van der Waals surface area (Å²) >= 11 is 0. The fourth-order valence-electron chi connectivity index (χ4n) is 11.6. The lowest BCUT2D eigenvalue weighted by Crippen LogP contribution is -2.65. The Kier molecular flexibility index (Phi) is 60.3. The van der Waals surface area contributed by atoms with Crippen LogP contribution in [-0.4, -0.2) is 140 Å². The highest BCUT2D eigenvalue weighted by atomic mass is 16.7. The van der Waals surface area contributed by atoms with Crippen molar-refractivity contribution in [2.24, 2.45) is 0 Å². The predicted molar refractivity (Wildman–Crippen MR) is 405 cm³/mol. The number of amides is 1. The number of carbonyl (C=O) groups is 1. The van der Waals surface area contributed by atoms with Gasteiger partial charge in [-0.1, -0.05) is 313 Å². The van der Waals surface area contributed by atoms with Gasteiger partial charge in [0.2, 0.25) is 5.91 Å². The van der Waals surface area contributed by atoms with E-state index >= 15 is 0 Å². The first-order valence-corrected chi connectivity index (χ1v) is 38.7. The van der Waals surface area contributed by atoms with E-state index in [0.29, 0.717) is 6.42 Å². The molecule has 2 aliphatic heterocycles.